The van der Waals surface area contributed by atoms with E-state index in [1.54, 1.807) is 13.3 Å². The Balaban J connectivity index is 1.60. The third-order valence-corrected chi connectivity index (χ3v) is 5.76. The molecule has 1 atom stereocenters. The Labute approximate surface area is 170 Å². The maximum Gasteiger partial charge on any atom is 0.232 e. The van der Waals surface area contributed by atoms with Crippen molar-refractivity contribution in [1.82, 2.24) is 25.1 Å². The first-order valence-electron chi connectivity index (χ1n) is 9.67. The summed E-state index contributed by atoms with van der Waals surface area (Å²) in [6.07, 6.45) is 4.27. The summed E-state index contributed by atoms with van der Waals surface area (Å²) in [5.41, 5.74) is 0. The molecule has 1 unspecified atom stereocenters. The molecule has 2 saturated heterocycles. The van der Waals surface area contributed by atoms with E-state index in [9.17, 15) is 0 Å². The number of likely N-dealkylation sites (tertiary alicyclic amines) is 1. The van der Waals surface area contributed by atoms with Crippen molar-refractivity contribution in [3.05, 3.63) is 10.7 Å². The van der Waals surface area contributed by atoms with Crippen LogP contribution in [0.25, 0.3) is 0 Å². The van der Waals surface area contributed by atoms with Crippen molar-refractivity contribution < 1.29 is 4.74 Å². The first-order valence-corrected chi connectivity index (χ1v) is 10.5. The van der Waals surface area contributed by atoms with Gasteiger partial charge in [0.05, 0.1) is 24.3 Å². The van der Waals surface area contributed by atoms with Gasteiger partial charge in [-0.25, -0.2) is 4.98 Å². The molecule has 3 rings (SSSR count). The lowest BCUT2D eigenvalue weighted by Crippen LogP contribution is -2.53. The molecular weight excluding hydrogens is 410 g/mol. The number of hydrogen-bond donors (Lipinski definition) is 1. The smallest absolute Gasteiger partial charge is 0.232 e. The lowest BCUT2D eigenvalue weighted by Gasteiger charge is -2.36. The summed E-state index contributed by atoms with van der Waals surface area (Å²) >= 11 is 3.41. The monoisotopic (exact) mass is 439 g/mol. The molecule has 8 nitrogen and oxygen atoms in total. The largest absolute Gasteiger partial charge is 0.480 e. The number of hydrogen-bond acceptors (Lipinski definition) is 6. The fraction of sp³-hybridized carbons (Fsp3) is 0.722. The van der Waals surface area contributed by atoms with E-state index in [1.807, 2.05) is 0 Å². The summed E-state index contributed by atoms with van der Waals surface area (Å²) in [6.45, 7) is 8.57. The van der Waals surface area contributed by atoms with Crippen molar-refractivity contribution in [2.45, 2.75) is 25.8 Å². The molecule has 0 aliphatic carbocycles. The molecule has 2 aliphatic rings. The SMILES string of the molecule is CCNC(=NCC1CCCN1C)N1CCN(c2ncc(Br)c(OC)n2)CC1. The van der Waals surface area contributed by atoms with Crippen LogP contribution >= 0.6 is 15.9 Å². The molecule has 27 heavy (non-hydrogen) atoms. The lowest BCUT2D eigenvalue weighted by molar-refractivity contribution is 0.314. The van der Waals surface area contributed by atoms with Gasteiger partial charge in [0.1, 0.15) is 0 Å². The summed E-state index contributed by atoms with van der Waals surface area (Å²) in [5, 5.41) is 3.45. The average molecular weight is 440 g/mol. The second kappa shape index (κ2) is 9.54. The zero-order valence-electron chi connectivity index (χ0n) is 16.5. The van der Waals surface area contributed by atoms with E-state index in [1.165, 1.54) is 19.4 Å². The van der Waals surface area contributed by atoms with Gasteiger partial charge in [0.15, 0.2) is 5.96 Å². The van der Waals surface area contributed by atoms with Crippen LogP contribution in [0.2, 0.25) is 0 Å². The number of piperazine rings is 1. The van der Waals surface area contributed by atoms with E-state index < -0.39 is 0 Å². The molecule has 1 aromatic heterocycles. The van der Waals surface area contributed by atoms with Gasteiger partial charge < -0.3 is 24.8 Å². The number of ether oxygens (including phenoxy) is 1. The van der Waals surface area contributed by atoms with Crippen molar-refractivity contribution in [3.63, 3.8) is 0 Å². The summed E-state index contributed by atoms with van der Waals surface area (Å²) in [6, 6.07) is 0.573. The lowest BCUT2D eigenvalue weighted by atomic mass is 10.2. The molecule has 0 amide bonds. The Morgan fingerprint density at radius 3 is 2.74 bits per heavy atom. The minimum absolute atomic E-state index is 0.568. The molecule has 0 spiro atoms. The molecule has 3 heterocycles. The number of aromatic nitrogens is 2. The van der Waals surface area contributed by atoms with Gasteiger partial charge >= 0.3 is 0 Å². The molecule has 150 valence electrons. The number of nitrogens with zero attached hydrogens (tertiary/aromatic N) is 6. The number of halogens is 1. The molecule has 1 aromatic rings. The topological polar surface area (TPSA) is 69.1 Å². The Morgan fingerprint density at radius 2 is 2.11 bits per heavy atom. The Bertz CT molecular complexity index is 649. The van der Waals surface area contributed by atoms with Gasteiger partial charge in [-0.05, 0) is 49.3 Å². The number of rotatable bonds is 5. The number of likely N-dealkylation sites (N-methyl/N-ethyl adjacent to an activating group) is 1. The van der Waals surface area contributed by atoms with Gasteiger partial charge in [0, 0.05) is 38.8 Å². The fourth-order valence-electron chi connectivity index (χ4n) is 3.58. The summed E-state index contributed by atoms with van der Waals surface area (Å²) in [4.78, 5) is 20.8. The number of nitrogens with one attached hydrogen (secondary N) is 1. The molecule has 0 aromatic carbocycles. The number of methoxy groups -OCH3 is 1. The van der Waals surface area contributed by atoms with Gasteiger partial charge in [-0.1, -0.05) is 0 Å². The third-order valence-electron chi connectivity index (χ3n) is 5.21. The van der Waals surface area contributed by atoms with Crippen LogP contribution in [0.15, 0.2) is 15.7 Å². The van der Waals surface area contributed by atoms with Crippen molar-refractivity contribution in [2.24, 2.45) is 4.99 Å². The molecule has 0 radical (unpaired) electrons. The second-order valence-corrected chi connectivity index (χ2v) is 7.83. The van der Waals surface area contributed by atoms with Crippen LogP contribution in [0.5, 0.6) is 5.88 Å². The summed E-state index contributed by atoms with van der Waals surface area (Å²) in [7, 11) is 3.82. The van der Waals surface area contributed by atoms with Crippen LogP contribution in [0, 0.1) is 0 Å². The fourth-order valence-corrected chi connectivity index (χ4v) is 3.94. The normalized spacial score (nSPS) is 21.6. The van der Waals surface area contributed by atoms with Gasteiger partial charge in [0.25, 0.3) is 0 Å². The van der Waals surface area contributed by atoms with Crippen LogP contribution < -0.4 is 15.0 Å². The first kappa shape index (κ1) is 20.1. The van der Waals surface area contributed by atoms with E-state index in [2.05, 4.69) is 59.9 Å². The number of anilines is 1. The zero-order chi connectivity index (χ0) is 19.2. The van der Waals surface area contributed by atoms with Crippen molar-refractivity contribution in [1.29, 1.82) is 0 Å². The van der Waals surface area contributed by atoms with Gasteiger partial charge in [-0.15, -0.1) is 0 Å². The van der Waals surface area contributed by atoms with E-state index in [-0.39, 0.29) is 0 Å². The zero-order valence-corrected chi connectivity index (χ0v) is 18.1. The highest BCUT2D eigenvalue weighted by atomic mass is 79.9. The molecule has 1 N–H and O–H groups in total. The maximum atomic E-state index is 5.29. The van der Waals surface area contributed by atoms with Gasteiger partial charge in [0.2, 0.25) is 11.8 Å². The Hall–Kier alpha value is -1.61. The average Bonchev–Trinajstić information content (AvgIpc) is 3.10. The molecular formula is C18H30BrN7O. The predicted octanol–water partition coefficient (Wildman–Crippen LogP) is 1.43. The quantitative estimate of drug-likeness (QED) is 0.549. The van der Waals surface area contributed by atoms with Gasteiger partial charge in [-0.3, -0.25) is 4.99 Å². The van der Waals surface area contributed by atoms with Crippen molar-refractivity contribution in [2.75, 3.05) is 64.9 Å². The molecule has 2 aliphatic heterocycles. The summed E-state index contributed by atoms with van der Waals surface area (Å²) < 4.78 is 6.06. The van der Waals surface area contributed by atoms with Gasteiger partial charge in [-0.2, -0.15) is 4.98 Å². The third kappa shape index (κ3) is 5.01. The van der Waals surface area contributed by atoms with Crippen molar-refractivity contribution >= 4 is 27.8 Å². The Morgan fingerprint density at radius 1 is 1.33 bits per heavy atom. The van der Waals surface area contributed by atoms with E-state index in [0.717, 1.165) is 49.7 Å². The summed E-state index contributed by atoms with van der Waals surface area (Å²) in [5.74, 6) is 2.30. The number of aliphatic imine (C=N–C) groups is 1. The molecule has 2 fully saturated rings. The van der Waals surface area contributed by atoms with Crippen LogP contribution in [-0.4, -0.2) is 91.7 Å². The standard InChI is InChI=1S/C18H30BrN7O/c1-4-20-17(21-12-14-6-5-7-24(14)2)25-8-10-26(11-9-25)18-22-13-15(19)16(23-18)27-3/h13-14H,4-12H2,1-3H3,(H,20,21). The first-order chi connectivity index (χ1) is 13.1. The highest BCUT2D eigenvalue weighted by Gasteiger charge is 2.24. The van der Waals surface area contributed by atoms with E-state index in [0.29, 0.717) is 17.9 Å². The Kier molecular flexibility index (Phi) is 7.12. The molecule has 0 saturated carbocycles. The highest BCUT2D eigenvalue weighted by molar-refractivity contribution is 9.10. The van der Waals surface area contributed by atoms with Crippen molar-refractivity contribution in [3.8, 4) is 5.88 Å². The molecule has 0 bridgehead atoms. The second-order valence-electron chi connectivity index (χ2n) is 6.97. The minimum atomic E-state index is 0.568. The maximum absolute atomic E-state index is 5.29. The van der Waals surface area contributed by atoms with Crippen LogP contribution in [0.1, 0.15) is 19.8 Å². The van der Waals surface area contributed by atoms with Crippen LogP contribution in [0.4, 0.5) is 5.95 Å². The van der Waals surface area contributed by atoms with Crippen LogP contribution in [-0.2, 0) is 0 Å². The van der Waals surface area contributed by atoms with E-state index in [4.69, 9.17) is 9.73 Å². The number of guanidine groups is 1. The molecule has 9 heteroatoms. The highest BCUT2D eigenvalue weighted by Crippen LogP contribution is 2.24. The van der Waals surface area contributed by atoms with E-state index >= 15 is 0 Å². The van der Waals surface area contributed by atoms with Crippen LogP contribution in [0.3, 0.4) is 0 Å². The predicted molar refractivity (Wildman–Crippen MR) is 112 cm³/mol. The minimum Gasteiger partial charge on any atom is -0.480 e.